The molecule has 5 nitrogen and oxygen atoms in total. The number of carbonyl (C=O) groups excluding carboxylic acids is 1. The molecule has 146 valence electrons. The Bertz CT molecular complexity index is 925. The molecule has 0 bridgehead atoms. The highest BCUT2D eigenvalue weighted by Crippen LogP contribution is 2.37. The first-order valence-electron chi connectivity index (χ1n) is 8.88. The van der Waals surface area contributed by atoms with E-state index in [0.717, 1.165) is 40.8 Å². The van der Waals surface area contributed by atoms with Gasteiger partial charge in [-0.2, -0.15) is 0 Å². The predicted octanol–water partition coefficient (Wildman–Crippen LogP) is 3.24. The zero-order valence-corrected chi connectivity index (χ0v) is 16.8. The molecule has 0 saturated heterocycles. The summed E-state index contributed by atoms with van der Waals surface area (Å²) in [6.07, 6.45) is 4.34. The first-order chi connectivity index (χ1) is 13.4. The van der Waals surface area contributed by atoms with Crippen LogP contribution in [0.4, 0.5) is 0 Å². The average Bonchev–Trinajstić information content (AvgIpc) is 3.15. The van der Waals surface area contributed by atoms with Crippen LogP contribution >= 0.6 is 23.4 Å². The lowest BCUT2D eigenvalue weighted by Crippen LogP contribution is -2.46. The van der Waals surface area contributed by atoms with E-state index in [4.69, 9.17) is 21.4 Å². The molecule has 1 aliphatic carbocycles. The van der Waals surface area contributed by atoms with Crippen LogP contribution in [0.5, 0.6) is 5.75 Å². The summed E-state index contributed by atoms with van der Waals surface area (Å²) in [5, 5.41) is 9.45. The minimum atomic E-state index is -0.993. The van der Waals surface area contributed by atoms with Crippen LogP contribution in [0.15, 0.2) is 47.4 Å². The largest absolute Gasteiger partial charge is 0.482 e. The Morgan fingerprint density at radius 2 is 1.86 bits per heavy atom. The molecule has 7 heteroatoms. The Morgan fingerprint density at radius 1 is 1.14 bits per heavy atom. The van der Waals surface area contributed by atoms with Crippen molar-refractivity contribution in [2.24, 2.45) is 0 Å². The van der Waals surface area contributed by atoms with Crippen LogP contribution in [0.1, 0.15) is 23.1 Å². The first-order valence-corrected chi connectivity index (χ1v) is 10.2. The smallest absolute Gasteiger partial charge is 0.341 e. The number of thioether (sulfide) groups is 1. The lowest BCUT2D eigenvalue weighted by molar-refractivity contribution is -0.243. The third kappa shape index (κ3) is 5.16. The van der Waals surface area contributed by atoms with Crippen molar-refractivity contribution in [3.05, 3.63) is 64.2 Å². The number of hydrogen-bond acceptors (Lipinski definition) is 4. The minimum absolute atomic E-state index is 0.0112. The van der Waals surface area contributed by atoms with Crippen molar-refractivity contribution in [1.82, 2.24) is 0 Å². The summed E-state index contributed by atoms with van der Waals surface area (Å²) in [5.74, 6) is -0.0580. The fraction of sp³-hybridized carbons (Fsp3) is 0.238. The normalized spacial score (nSPS) is 13.3. The summed E-state index contributed by atoms with van der Waals surface area (Å²) in [5.41, 5.74) is 7.71. The molecule has 0 aromatic heterocycles. The number of carboxylic acid groups (broad SMARTS) is 1. The number of halogens is 1. The van der Waals surface area contributed by atoms with Gasteiger partial charge in [-0.25, -0.2) is 4.79 Å². The zero-order valence-electron chi connectivity index (χ0n) is 15.2. The molecule has 0 saturated carbocycles. The number of quaternary nitrogens is 1. The van der Waals surface area contributed by atoms with Gasteiger partial charge in [0.2, 0.25) is 0 Å². The van der Waals surface area contributed by atoms with E-state index < -0.39 is 5.97 Å². The van der Waals surface area contributed by atoms with Crippen LogP contribution in [0, 0.1) is 0 Å². The maximum atomic E-state index is 12.4. The molecular weight excluding hydrogens is 398 g/mol. The molecule has 0 atom stereocenters. The maximum Gasteiger partial charge on any atom is 0.341 e. The summed E-state index contributed by atoms with van der Waals surface area (Å²) < 4.78 is 5.40. The van der Waals surface area contributed by atoms with E-state index in [-0.39, 0.29) is 12.4 Å². The van der Waals surface area contributed by atoms with Crippen molar-refractivity contribution in [1.29, 1.82) is 0 Å². The van der Waals surface area contributed by atoms with Gasteiger partial charge in [0.15, 0.2) is 12.4 Å². The summed E-state index contributed by atoms with van der Waals surface area (Å²) in [6, 6.07) is 10.9. The molecule has 0 heterocycles. The van der Waals surface area contributed by atoms with Gasteiger partial charge in [-0.1, -0.05) is 11.6 Å². The number of allylic oxidation sites excluding steroid dienone is 1. The second kappa shape index (κ2) is 9.28. The van der Waals surface area contributed by atoms with Gasteiger partial charge in [-0.05, 0) is 66.8 Å². The van der Waals surface area contributed by atoms with Gasteiger partial charge in [-0.3, -0.25) is 4.79 Å². The topological polar surface area (TPSA) is 91.2 Å². The number of rotatable bonds is 8. The Labute approximate surface area is 172 Å². The van der Waals surface area contributed by atoms with E-state index in [2.05, 4.69) is 5.73 Å². The molecule has 0 fully saturated rings. The van der Waals surface area contributed by atoms with Gasteiger partial charge >= 0.3 is 5.97 Å². The van der Waals surface area contributed by atoms with Gasteiger partial charge in [0.05, 0.1) is 5.75 Å². The van der Waals surface area contributed by atoms with E-state index in [0.29, 0.717) is 22.2 Å². The minimum Gasteiger partial charge on any atom is -0.482 e. The monoisotopic (exact) mass is 418 g/mol. The van der Waals surface area contributed by atoms with Crippen molar-refractivity contribution >= 4 is 40.8 Å². The Morgan fingerprint density at radius 3 is 2.57 bits per heavy atom. The second-order valence-corrected chi connectivity index (χ2v) is 7.94. The fourth-order valence-corrected chi connectivity index (χ4v) is 4.25. The van der Waals surface area contributed by atoms with Crippen LogP contribution in [-0.2, 0) is 22.4 Å². The number of ether oxygens (including phenoxy) is 1. The summed E-state index contributed by atoms with van der Waals surface area (Å²) in [6.45, 7) is -0.348. The number of carbonyl (C=O) groups is 2. The molecule has 3 rings (SSSR count). The summed E-state index contributed by atoms with van der Waals surface area (Å²) in [4.78, 5) is 24.1. The van der Waals surface area contributed by atoms with Gasteiger partial charge < -0.3 is 15.6 Å². The molecule has 0 amide bonds. The number of carboxylic acids is 1. The van der Waals surface area contributed by atoms with Crippen molar-refractivity contribution < 1.29 is 25.2 Å². The molecule has 0 unspecified atom stereocenters. The third-order valence-electron chi connectivity index (χ3n) is 4.47. The van der Waals surface area contributed by atoms with Crippen molar-refractivity contribution in [2.75, 3.05) is 12.4 Å². The van der Waals surface area contributed by atoms with E-state index in [1.54, 1.807) is 24.3 Å². The number of benzene rings is 2. The highest BCUT2D eigenvalue weighted by atomic mass is 35.5. The summed E-state index contributed by atoms with van der Waals surface area (Å²) in [7, 11) is 0. The molecule has 1 aliphatic rings. The second-order valence-electron chi connectivity index (χ2n) is 6.49. The van der Waals surface area contributed by atoms with Crippen LogP contribution < -0.4 is 10.5 Å². The van der Waals surface area contributed by atoms with Crippen LogP contribution in [-0.4, -0.2) is 29.2 Å². The first kappa shape index (κ1) is 20.5. The molecular formula is C21H21ClNO4S+. The van der Waals surface area contributed by atoms with Crippen molar-refractivity contribution in [3.63, 3.8) is 0 Å². The molecule has 4 N–H and O–H groups in total. The van der Waals surface area contributed by atoms with Crippen LogP contribution in [0.2, 0.25) is 5.02 Å². The average molecular weight is 419 g/mol. The van der Waals surface area contributed by atoms with Gasteiger partial charge in [-0.15, -0.1) is 11.8 Å². The quantitative estimate of drug-likeness (QED) is 0.507. The maximum absolute atomic E-state index is 12.4. The fourth-order valence-electron chi connectivity index (χ4n) is 3.18. The molecule has 2 aromatic carbocycles. The molecule has 0 radical (unpaired) electrons. The lowest BCUT2D eigenvalue weighted by Gasteiger charge is -2.12. The zero-order chi connectivity index (χ0) is 20.1. The standard InChI is InChI=1S/C21H20ClNO4S/c22-14-6-4-13(5-7-14)18(23)10-15(24)12-28-20-9-8-19(27-11-21(25)26)16-2-1-3-17(16)20/h4-10H,1-3,11-12,23H2,(H,25,26)/p+1. The van der Waals surface area contributed by atoms with Crippen LogP contribution in [0.25, 0.3) is 5.70 Å². The van der Waals surface area contributed by atoms with Crippen LogP contribution in [0.3, 0.4) is 0 Å². The molecule has 2 aromatic rings. The molecule has 28 heavy (non-hydrogen) atoms. The highest BCUT2D eigenvalue weighted by Gasteiger charge is 2.20. The van der Waals surface area contributed by atoms with Gasteiger partial charge in [0.25, 0.3) is 0 Å². The van der Waals surface area contributed by atoms with E-state index in [1.807, 2.05) is 18.2 Å². The van der Waals surface area contributed by atoms with Crippen molar-refractivity contribution in [2.45, 2.75) is 24.2 Å². The van der Waals surface area contributed by atoms with Gasteiger partial charge in [0.1, 0.15) is 11.4 Å². The number of hydrogen-bond donors (Lipinski definition) is 2. The Balaban J connectivity index is 1.66. The SMILES string of the molecule is [NH3+]C(=CC(=O)CSc1ccc(OCC(=O)O)c2c1CCC2)c1ccc(Cl)cc1. The highest BCUT2D eigenvalue weighted by molar-refractivity contribution is 8.00. The summed E-state index contributed by atoms with van der Waals surface area (Å²) >= 11 is 7.38. The van der Waals surface area contributed by atoms with Crippen molar-refractivity contribution in [3.8, 4) is 5.75 Å². The van der Waals surface area contributed by atoms with Gasteiger partial charge in [0, 0.05) is 21.6 Å². The molecule has 0 aliphatic heterocycles. The van der Waals surface area contributed by atoms with E-state index in [9.17, 15) is 9.59 Å². The third-order valence-corrected chi connectivity index (χ3v) is 5.84. The van der Waals surface area contributed by atoms with E-state index in [1.165, 1.54) is 11.8 Å². The number of aliphatic carboxylic acids is 1. The number of fused-ring (bicyclic) bond motifs is 1. The molecule has 0 spiro atoms. The Hall–Kier alpha value is -2.28. The lowest BCUT2D eigenvalue weighted by atomic mass is 10.1. The Kier molecular flexibility index (Phi) is 6.78. The predicted molar refractivity (Wildman–Crippen MR) is 110 cm³/mol. The van der Waals surface area contributed by atoms with E-state index >= 15 is 0 Å². The number of ketones is 1.